The predicted octanol–water partition coefficient (Wildman–Crippen LogP) is 14.5. The van der Waals surface area contributed by atoms with Gasteiger partial charge in [0.05, 0.1) is 6.04 Å². The smallest absolute Gasteiger partial charge is 0.0565 e. The Labute approximate surface area is 331 Å². The maximum absolute atomic E-state index is 2.54. The zero-order chi connectivity index (χ0) is 37.3. The molecule has 0 N–H and O–H groups in total. The third-order valence-electron chi connectivity index (χ3n) is 11.9. The summed E-state index contributed by atoms with van der Waals surface area (Å²) in [6.45, 7) is 0. The highest BCUT2D eigenvalue weighted by molar-refractivity contribution is 5.89. The van der Waals surface area contributed by atoms with Crippen molar-refractivity contribution in [2.45, 2.75) is 51.0 Å². The van der Waals surface area contributed by atoms with Gasteiger partial charge in [-0.15, -0.1) is 0 Å². The highest BCUT2D eigenvalue weighted by Crippen LogP contribution is 2.40. The fraction of sp³-hybridized carbons (Fsp3) is 0.148. The lowest BCUT2D eigenvalue weighted by Gasteiger charge is -2.35. The number of benzene rings is 6. The molecule has 2 nitrogen and oxygen atoms in total. The zero-order valence-corrected chi connectivity index (χ0v) is 31.8. The normalized spacial score (nSPS) is 16.9. The Bertz CT molecular complexity index is 2610. The Hall–Kier alpha value is -6.38. The van der Waals surface area contributed by atoms with E-state index >= 15 is 0 Å². The van der Waals surface area contributed by atoms with Crippen LogP contribution in [0.15, 0.2) is 175 Å². The molecule has 0 saturated carbocycles. The molecule has 1 unspecified atom stereocenters. The molecule has 10 rings (SSSR count). The van der Waals surface area contributed by atoms with Crippen LogP contribution in [0.5, 0.6) is 0 Å². The van der Waals surface area contributed by atoms with Crippen molar-refractivity contribution < 1.29 is 0 Å². The molecule has 56 heavy (non-hydrogen) atoms. The van der Waals surface area contributed by atoms with E-state index in [-0.39, 0.29) is 6.04 Å². The Morgan fingerprint density at radius 2 is 1.09 bits per heavy atom. The van der Waals surface area contributed by atoms with Crippen molar-refractivity contribution in [3.63, 3.8) is 0 Å². The standard InChI is InChI=1S/C54H46N2/c1-5-13-45-35-51(31-23-41(45)9-1)55(52-32-24-42-10-2-6-14-46(42)36-52)49-27-19-39(20-28-49)17-18-40-21-29-50(30-22-40)56(53-33-25-43-11-3-7-15-47(43)37-53)54-34-26-44-12-4-8-16-48(44)38-54/h1-2,5,7-10,13,15-37,54H,3-4,6,11-12,14,38H2/b18-17+. The number of anilines is 5. The molecule has 0 fully saturated rings. The lowest BCUT2D eigenvalue weighted by Crippen LogP contribution is -2.31. The highest BCUT2D eigenvalue weighted by atomic mass is 15.2. The Kier molecular flexibility index (Phi) is 9.17. The second-order valence-corrected chi connectivity index (χ2v) is 15.5. The van der Waals surface area contributed by atoms with E-state index in [1.807, 2.05) is 0 Å². The van der Waals surface area contributed by atoms with Gasteiger partial charge in [-0.05, 0) is 161 Å². The van der Waals surface area contributed by atoms with Gasteiger partial charge in [-0.1, -0.05) is 127 Å². The average Bonchev–Trinajstić information content (AvgIpc) is 3.26. The molecule has 2 heteroatoms. The molecule has 272 valence electrons. The number of aryl methyl sites for hydroxylation is 2. The first kappa shape index (κ1) is 34.1. The third kappa shape index (κ3) is 6.88. The summed E-state index contributed by atoms with van der Waals surface area (Å²) in [5.74, 6) is 0. The molecule has 6 aromatic carbocycles. The van der Waals surface area contributed by atoms with Crippen LogP contribution in [-0.4, -0.2) is 6.04 Å². The Morgan fingerprint density at radius 1 is 0.446 bits per heavy atom. The van der Waals surface area contributed by atoms with E-state index in [2.05, 4.69) is 198 Å². The monoisotopic (exact) mass is 722 g/mol. The van der Waals surface area contributed by atoms with E-state index in [1.54, 1.807) is 0 Å². The molecule has 0 bridgehead atoms. The fourth-order valence-corrected chi connectivity index (χ4v) is 8.91. The number of rotatable bonds is 8. The van der Waals surface area contributed by atoms with Gasteiger partial charge in [-0.3, -0.25) is 0 Å². The summed E-state index contributed by atoms with van der Waals surface area (Å²) in [4.78, 5) is 4.93. The predicted molar refractivity (Wildman–Crippen MR) is 240 cm³/mol. The van der Waals surface area contributed by atoms with Crippen LogP contribution in [0.25, 0.3) is 35.1 Å². The van der Waals surface area contributed by atoms with Gasteiger partial charge in [0.2, 0.25) is 0 Å². The summed E-state index contributed by atoms with van der Waals surface area (Å²) in [5, 5.41) is 2.50. The number of nitrogens with zero attached hydrogens (tertiary/aromatic N) is 2. The minimum absolute atomic E-state index is 0.259. The third-order valence-corrected chi connectivity index (χ3v) is 11.9. The molecule has 4 aliphatic rings. The molecule has 0 aromatic heterocycles. The van der Waals surface area contributed by atoms with Crippen molar-refractivity contribution in [3.8, 4) is 0 Å². The van der Waals surface area contributed by atoms with Crippen LogP contribution in [-0.2, 0) is 12.8 Å². The van der Waals surface area contributed by atoms with Gasteiger partial charge in [0, 0.05) is 28.4 Å². The summed E-state index contributed by atoms with van der Waals surface area (Å²) in [7, 11) is 0. The van der Waals surface area contributed by atoms with E-state index in [1.165, 1.54) is 72.4 Å². The molecule has 0 heterocycles. The Morgan fingerprint density at radius 3 is 1.91 bits per heavy atom. The molecule has 0 saturated heterocycles. The molecule has 0 amide bonds. The largest absolute Gasteiger partial charge is 0.334 e. The van der Waals surface area contributed by atoms with Crippen LogP contribution in [0, 0.1) is 0 Å². The topological polar surface area (TPSA) is 6.48 Å². The zero-order valence-electron chi connectivity index (χ0n) is 31.8. The summed E-state index contributed by atoms with van der Waals surface area (Å²) < 4.78 is 0. The van der Waals surface area contributed by atoms with Crippen LogP contribution in [0.2, 0.25) is 0 Å². The van der Waals surface area contributed by atoms with Crippen molar-refractivity contribution in [2.24, 2.45) is 0 Å². The van der Waals surface area contributed by atoms with Gasteiger partial charge in [-0.2, -0.15) is 0 Å². The first-order valence-electron chi connectivity index (χ1n) is 20.3. The van der Waals surface area contributed by atoms with Gasteiger partial charge in [0.25, 0.3) is 0 Å². The number of fused-ring (bicyclic) bond motifs is 3. The second kappa shape index (κ2) is 15.0. The molecule has 0 aliphatic heterocycles. The number of hydrogen-bond acceptors (Lipinski definition) is 2. The molecule has 1 atom stereocenters. The fourth-order valence-electron chi connectivity index (χ4n) is 8.91. The highest BCUT2D eigenvalue weighted by Gasteiger charge is 2.25. The first-order valence-corrected chi connectivity index (χ1v) is 20.3. The van der Waals surface area contributed by atoms with E-state index in [0.29, 0.717) is 0 Å². The summed E-state index contributed by atoms with van der Waals surface area (Å²) in [6, 6.07) is 47.7. The van der Waals surface area contributed by atoms with Gasteiger partial charge in [0.15, 0.2) is 0 Å². The summed E-state index contributed by atoms with van der Waals surface area (Å²) in [5.41, 5.74) is 16.9. The lowest BCUT2D eigenvalue weighted by molar-refractivity contribution is 0.745. The SMILES string of the molecule is C1=CC2=C(C=CC(N(c3ccc(/C=C/c4ccc(N(c5ccc6c(c5)CCC=C6)c5ccc6ccccc6c5)cc4)cc3)c3ccc4c(c3)C=CCC4)C2)CC1. The van der Waals surface area contributed by atoms with Crippen LogP contribution >= 0.6 is 0 Å². The van der Waals surface area contributed by atoms with E-state index in [9.17, 15) is 0 Å². The van der Waals surface area contributed by atoms with Gasteiger partial charge in [-0.25, -0.2) is 0 Å². The van der Waals surface area contributed by atoms with Gasteiger partial charge < -0.3 is 9.80 Å². The van der Waals surface area contributed by atoms with E-state index in [0.717, 1.165) is 56.3 Å². The summed E-state index contributed by atoms with van der Waals surface area (Å²) >= 11 is 0. The van der Waals surface area contributed by atoms with E-state index < -0.39 is 0 Å². The maximum atomic E-state index is 2.54. The molecular formula is C54H46N2. The van der Waals surface area contributed by atoms with Gasteiger partial charge in [0.1, 0.15) is 0 Å². The second-order valence-electron chi connectivity index (χ2n) is 15.5. The average molecular weight is 723 g/mol. The molecular weight excluding hydrogens is 677 g/mol. The van der Waals surface area contributed by atoms with Crippen LogP contribution < -0.4 is 9.80 Å². The van der Waals surface area contributed by atoms with Crippen LogP contribution in [0.4, 0.5) is 28.4 Å². The molecule has 0 radical (unpaired) electrons. The lowest BCUT2D eigenvalue weighted by atomic mass is 9.87. The van der Waals surface area contributed by atoms with Gasteiger partial charge >= 0.3 is 0 Å². The minimum Gasteiger partial charge on any atom is -0.334 e. The van der Waals surface area contributed by atoms with Crippen LogP contribution in [0.3, 0.4) is 0 Å². The molecule has 4 aliphatic carbocycles. The maximum Gasteiger partial charge on any atom is 0.0565 e. The van der Waals surface area contributed by atoms with Crippen molar-refractivity contribution in [1.29, 1.82) is 0 Å². The van der Waals surface area contributed by atoms with Crippen molar-refractivity contribution in [2.75, 3.05) is 9.80 Å². The Balaban J connectivity index is 0.923. The van der Waals surface area contributed by atoms with Crippen molar-refractivity contribution >= 4 is 63.5 Å². The first-order chi connectivity index (χ1) is 27.7. The molecule has 0 spiro atoms. The number of allylic oxidation sites excluding steroid dienone is 6. The summed E-state index contributed by atoms with van der Waals surface area (Å²) in [6.07, 6.45) is 30.8. The quantitative estimate of drug-likeness (QED) is 0.144. The van der Waals surface area contributed by atoms with E-state index in [4.69, 9.17) is 0 Å². The van der Waals surface area contributed by atoms with Crippen molar-refractivity contribution in [3.05, 3.63) is 208 Å². The minimum atomic E-state index is 0.259. The number of hydrogen-bond donors (Lipinski definition) is 0. The molecule has 6 aromatic rings. The van der Waals surface area contributed by atoms with Crippen molar-refractivity contribution in [1.82, 2.24) is 0 Å². The van der Waals surface area contributed by atoms with Crippen LogP contribution in [0.1, 0.15) is 65.5 Å².